The van der Waals surface area contributed by atoms with Crippen LogP contribution in [0.5, 0.6) is 5.75 Å². The van der Waals surface area contributed by atoms with Crippen LogP contribution in [0, 0.1) is 0 Å². The molecule has 3 nitrogen and oxygen atoms in total. The Morgan fingerprint density at radius 1 is 1.24 bits per heavy atom. The minimum Gasteiger partial charge on any atom is -0.406 e. The standard InChI is InChI=1S/C10H12F3NO2.ClH/c11-10(12,13)16-8-3-1-7(2-4-8)9(14)5-6-15;/h1-4,9,15H,5-6,14H2;1H. The smallest absolute Gasteiger partial charge is 0.406 e. The van der Waals surface area contributed by atoms with Gasteiger partial charge < -0.3 is 15.6 Å². The van der Waals surface area contributed by atoms with Crippen LogP contribution in [-0.4, -0.2) is 18.1 Å². The second-order valence-electron chi connectivity index (χ2n) is 3.24. The molecule has 0 aliphatic heterocycles. The predicted molar refractivity (Wildman–Crippen MR) is 59.0 cm³/mol. The van der Waals surface area contributed by atoms with Gasteiger partial charge in [-0.25, -0.2) is 0 Å². The lowest BCUT2D eigenvalue weighted by Gasteiger charge is -2.12. The first-order valence-electron chi connectivity index (χ1n) is 4.64. The Morgan fingerprint density at radius 2 is 1.76 bits per heavy atom. The molecule has 3 N–H and O–H groups in total. The quantitative estimate of drug-likeness (QED) is 0.884. The van der Waals surface area contributed by atoms with Gasteiger partial charge >= 0.3 is 6.36 Å². The average Bonchev–Trinajstić information content (AvgIpc) is 2.16. The van der Waals surface area contributed by atoms with E-state index in [0.29, 0.717) is 12.0 Å². The Bertz CT molecular complexity index is 329. The molecule has 98 valence electrons. The summed E-state index contributed by atoms with van der Waals surface area (Å²) >= 11 is 0. The van der Waals surface area contributed by atoms with E-state index in [-0.39, 0.29) is 30.8 Å². The van der Waals surface area contributed by atoms with Crippen molar-refractivity contribution < 1.29 is 23.0 Å². The van der Waals surface area contributed by atoms with E-state index in [1.54, 1.807) is 0 Å². The number of halogens is 4. The predicted octanol–water partition coefficient (Wildman–Crippen LogP) is 2.39. The van der Waals surface area contributed by atoms with Crippen molar-refractivity contribution in [1.29, 1.82) is 0 Å². The fourth-order valence-corrected chi connectivity index (χ4v) is 1.22. The van der Waals surface area contributed by atoms with Crippen LogP contribution in [0.3, 0.4) is 0 Å². The lowest BCUT2D eigenvalue weighted by Crippen LogP contribution is -2.17. The second-order valence-corrected chi connectivity index (χ2v) is 3.24. The topological polar surface area (TPSA) is 55.5 Å². The molecular formula is C10H13ClF3NO2. The lowest BCUT2D eigenvalue weighted by molar-refractivity contribution is -0.274. The fraction of sp³-hybridized carbons (Fsp3) is 0.400. The van der Waals surface area contributed by atoms with Crippen molar-refractivity contribution in [2.75, 3.05) is 6.61 Å². The van der Waals surface area contributed by atoms with Crippen LogP contribution >= 0.6 is 12.4 Å². The van der Waals surface area contributed by atoms with Gasteiger partial charge in [-0.2, -0.15) is 0 Å². The molecule has 0 fully saturated rings. The van der Waals surface area contributed by atoms with Gasteiger partial charge in [-0.3, -0.25) is 0 Å². The number of benzene rings is 1. The molecule has 0 spiro atoms. The summed E-state index contributed by atoms with van der Waals surface area (Å²) < 4.78 is 39.2. The van der Waals surface area contributed by atoms with Gasteiger partial charge in [0.1, 0.15) is 5.75 Å². The van der Waals surface area contributed by atoms with Crippen molar-refractivity contribution in [3.63, 3.8) is 0 Å². The first-order chi connectivity index (χ1) is 7.42. The zero-order chi connectivity index (χ0) is 12.2. The van der Waals surface area contributed by atoms with Crippen LogP contribution < -0.4 is 10.5 Å². The average molecular weight is 272 g/mol. The summed E-state index contributed by atoms with van der Waals surface area (Å²) in [6.45, 7) is -0.0675. The van der Waals surface area contributed by atoms with E-state index >= 15 is 0 Å². The minimum absolute atomic E-state index is 0. The van der Waals surface area contributed by atoms with Gasteiger partial charge in [0.25, 0.3) is 0 Å². The van der Waals surface area contributed by atoms with Gasteiger partial charge in [-0.1, -0.05) is 12.1 Å². The molecule has 0 saturated carbocycles. The molecule has 1 aromatic rings. The van der Waals surface area contributed by atoms with Gasteiger partial charge in [-0.05, 0) is 24.1 Å². The van der Waals surface area contributed by atoms with Crippen molar-refractivity contribution >= 4 is 12.4 Å². The summed E-state index contributed by atoms with van der Waals surface area (Å²) in [6, 6.07) is 4.90. The summed E-state index contributed by atoms with van der Waals surface area (Å²) in [6.07, 6.45) is -4.33. The third kappa shape index (κ3) is 5.76. The van der Waals surface area contributed by atoms with Crippen molar-refractivity contribution in [2.45, 2.75) is 18.8 Å². The highest BCUT2D eigenvalue weighted by atomic mass is 35.5. The van der Waals surface area contributed by atoms with Gasteiger partial charge in [-0.15, -0.1) is 25.6 Å². The van der Waals surface area contributed by atoms with E-state index in [0.717, 1.165) is 0 Å². The second kappa shape index (κ2) is 6.68. The number of ether oxygens (including phenoxy) is 1. The number of aliphatic hydroxyl groups is 1. The third-order valence-electron chi connectivity index (χ3n) is 1.98. The Balaban J connectivity index is 0.00000256. The van der Waals surface area contributed by atoms with E-state index in [1.165, 1.54) is 24.3 Å². The largest absolute Gasteiger partial charge is 0.573 e. The molecule has 1 rings (SSSR count). The first-order valence-corrected chi connectivity index (χ1v) is 4.64. The summed E-state index contributed by atoms with van der Waals surface area (Å²) in [5, 5.41) is 8.65. The van der Waals surface area contributed by atoms with Crippen molar-refractivity contribution in [1.82, 2.24) is 0 Å². The zero-order valence-electron chi connectivity index (χ0n) is 8.78. The van der Waals surface area contributed by atoms with Crippen molar-refractivity contribution in [3.8, 4) is 5.75 Å². The molecule has 1 aromatic carbocycles. The van der Waals surface area contributed by atoms with Gasteiger partial charge in [0.05, 0.1) is 0 Å². The Hall–Kier alpha value is -0.980. The number of alkyl halides is 3. The summed E-state index contributed by atoms with van der Waals surface area (Å²) in [7, 11) is 0. The molecule has 1 atom stereocenters. The summed E-state index contributed by atoms with van der Waals surface area (Å²) in [5.74, 6) is -0.285. The summed E-state index contributed by atoms with van der Waals surface area (Å²) in [5.41, 5.74) is 6.32. The maximum Gasteiger partial charge on any atom is 0.573 e. The van der Waals surface area contributed by atoms with Gasteiger partial charge in [0.15, 0.2) is 0 Å². The number of nitrogens with two attached hydrogens (primary N) is 1. The van der Waals surface area contributed by atoms with Crippen molar-refractivity contribution in [3.05, 3.63) is 29.8 Å². The van der Waals surface area contributed by atoms with E-state index in [1.807, 2.05) is 0 Å². The molecule has 1 unspecified atom stereocenters. The molecule has 0 aromatic heterocycles. The highest BCUT2D eigenvalue weighted by Gasteiger charge is 2.30. The first kappa shape index (κ1) is 16.0. The fourth-order valence-electron chi connectivity index (χ4n) is 1.22. The van der Waals surface area contributed by atoms with Crippen LogP contribution in [0.2, 0.25) is 0 Å². The molecule has 17 heavy (non-hydrogen) atoms. The monoisotopic (exact) mass is 271 g/mol. The highest BCUT2D eigenvalue weighted by Crippen LogP contribution is 2.24. The molecule has 0 bridgehead atoms. The van der Waals surface area contributed by atoms with Gasteiger partial charge in [0, 0.05) is 12.6 Å². The Kier molecular flexibility index (Phi) is 6.30. The third-order valence-corrected chi connectivity index (χ3v) is 1.98. The lowest BCUT2D eigenvalue weighted by atomic mass is 10.1. The molecule has 0 saturated heterocycles. The maximum absolute atomic E-state index is 11.8. The highest BCUT2D eigenvalue weighted by molar-refractivity contribution is 5.85. The van der Waals surface area contributed by atoms with Crippen LogP contribution in [0.25, 0.3) is 0 Å². The number of hydrogen-bond acceptors (Lipinski definition) is 3. The summed E-state index contributed by atoms with van der Waals surface area (Å²) in [4.78, 5) is 0. The molecule has 0 heterocycles. The molecule has 0 aliphatic rings. The van der Waals surface area contributed by atoms with E-state index in [2.05, 4.69) is 4.74 Å². The molecule has 0 amide bonds. The minimum atomic E-state index is -4.69. The number of aliphatic hydroxyl groups excluding tert-OH is 1. The number of rotatable bonds is 4. The maximum atomic E-state index is 11.8. The van der Waals surface area contributed by atoms with E-state index < -0.39 is 6.36 Å². The molecule has 7 heteroatoms. The molecule has 0 aliphatic carbocycles. The molecular weight excluding hydrogens is 259 g/mol. The van der Waals surface area contributed by atoms with Crippen LogP contribution in [-0.2, 0) is 0 Å². The van der Waals surface area contributed by atoms with E-state index in [4.69, 9.17) is 10.8 Å². The Morgan fingerprint density at radius 3 is 2.18 bits per heavy atom. The normalized spacial score (nSPS) is 12.8. The van der Waals surface area contributed by atoms with E-state index in [9.17, 15) is 13.2 Å². The Labute approximate surface area is 103 Å². The number of hydrogen-bond donors (Lipinski definition) is 2. The SMILES string of the molecule is Cl.NC(CCO)c1ccc(OC(F)(F)F)cc1. The van der Waals surface area contributed by atoms with Gasteiger partial charge in [0.2, 0.25) is 0 Å². The van der Waals surface area contributed by atoms with Crippen LogP contribution in [0.15, 0.2) is 24.3 Å². The molecule has 0 radical (unpaired) electrons. The van der Waals surface area contributed by atoms with Crippen LogP contribution in [0.1, 0.15) is 18.0 Å². The van der Waals surface area contributed by atoms with Crippen molar-refractivity contribution in [2.24, 2.45) is 5.73 Å². The van der Waals surface area contributed by atoms with Crippen LogP contribution in [0.4, 0.5) is 13.2 Å². The zero-order valence-corrected chi connectivity index (χ0v) is 9.59.